The highest BCUT2D eigenvalue weighted by atomic mass is 16.6. The smallest absolute Gasteiger partial charge is 0.412 e. The number of carboxylic acid groups (broad SMARTS) is 1. The second kappa shape index (κ2) is 10.7. The molecule has 1 atom stereocenters. The van der Waals surface area contributed by atoms with E-state index in [0.717, 1.165) is 16.8 Å². The number of anilines is 1. The van der Waals surface area contributed by atoms with Gasteiger partial charge in [-0.15, -0.1) is 0 Å². The summed E-state index contributed by atoms with van der Waals surface area (Å²) in [6, 6.07) is 20.2. The molecule has 3 N–H and O–H groups in total. The van der Waals surface area contributed by atoms with Gasteiger partial charge in [-0.25, -0.2) is 9.59 Å². The predicted molar refractivity (Wildman–Crippen MR) is 126 cm³/mol. The van der Waals surface area contributed by atoms with Crippen LogP contribution in [0.5, 0.6) is 5.75 Å². The van der Waals surface area contributed by atoms with E-state index in [2.05, 4.69) is 5.32 Å². The average molecular weight is 450 g/mol. The van der Waals surface area contributed by atoms with Crippen molar-refractivity contribution in [2.75, 3.05) is 18.5 Å². The van der Waals surface area contributed by atoms with Gasteiger partial charge in [-0.1, -0.05) is 68.5 Å². The molecule has 0 aliphatic rings. The Hall–Kier alpha value is -3.84. The summed E-state index contributed by atoms with van der Waals surface area (Å²) < 4.78 is 11.3. The lowest BCUT2D eigenvalue weighted by Gasteiger charge is -2.32. The number of nitrogens with one attached hydrogen (secondary N) is 1. The van der Waals surface area contributed by atoms with Gasteiger partial charge in [-0.2, -0.15) is 0 Å². The summed E-state index contributed by atoms with van der Waals surface area (Å²) in [5, 5.41) is 22.8. The van der Waals surface area contributed by atoms with E-state index >= 15 is 0 Å². The fraction of sp³-hybridized carbons (Fsp3) is 0.231. The molecule has 0 radical (unpaired) electrons. The number of benzene rings is 3. The van der Waals surface area contributed by atoms with Gasteiger partial charge in [0.25, 0.3) is 0 Å². The number of aliphatic hydroxyl groups is 1. The third kappa shape index (κ3) is 6.33. The lowest BCUT2D eigenvalue weighted by Crippen LogP contribution is -2.28. The van der Waals surface area contributed by atoms with E-state index in [1.807, 2.05) is 36.4 Å². The Balaban J connectivity index is 1.90. The number of amides is 1. The first-order chi connectivity index (χ1) is 15.8. The zero-order valence-corrected chi connectivity index (χ0v) is 18.5. The number of aliphatic hydroxyl groups excluding tert-OH is 1. The van der Waals surface area contributed by atoms with Gasteiger partial charge in [0, 0.05) is 16.9 Å². The summed E-state index contributed by atoms with van der Waals surface area (Å²) in [6.07, 6.45) is 1.04. The molecule has 33 heavy (non-hydrogen) atoms. The number of ether oxygens (including phenoxy) is 2. The number of carbonyl (C=O) groups is 2. The summed E-state index contributed by atoms with van der Waals surface area (Å²) in [4.78, 5) is 24.1. The van der Waals surface area contributed by atoms with Gasteiger partial charge in [0.15, 0.2) is 0 Å². The van der Waals surface area contributed by atoms with Crippen LogP contribution in [0.4, 0.5) is 10.5 Å². The molecule has 7 heteroatoms. The van der Waals surface area contributed by atoms with Crippen molar-refractivity contribution in [1.82, 2.24) is 0 Å². The van der Waals surface area contributed by atoms with Crippen molar-refractivity contribution in [2.45, 2.75) is 20.0 Å². The van der Waals surface area contributed by atoms with Gasteiger partial charge in [0.1, 0.15) is 18.5 Å². The third-order valence-corrected chi connectivity index (χ3v) is 5.10. The summed E-state index contributed by atoms with van der Waals surface area (Å²) in [5.74, 6) is -0.593. The Morgan fingerprint density at radius 2 is 1.79 bits per heavy atom. The molecule has 0 aromatic heterocycles. The minimum Gasteiger partial charge on any atom is -0.491 e. The first kappa shape index (κ1) is 23.8. The highest BCUT2D eigenvalue weighted by molar-refractivity contribution is 6.00. The van der Waals surface area contributed by atoms with Crippen LogP contribution in [0.3, 0.4) is 0 Å². The molecule has 0 aliphatic heterocycles. The topological polar surface area (TPSA) is 105 Å². The maximum absolute atomic E-state index is 12.9. The zero-order chi connectivity index (χ0) is 23.8. The molecule has 0 saturated carbocycles. The number of hydrogen-bond acceptors (Lipinski definition) is 5. The predicted octanol–water partition coefficient (Wildman–Crippen LogP) is 5.17. The van der Waals surface area contributed by atoms with Crippen molar-refractivity contribution in [3.8, 4) is 5.75 Å². The molecule has 0 saturated heterocycles. The second-order valence-corrected chi connectivity index (χ2v) is 8.07. The van der Waals surface area contributed by atoms with Crippen LogP contribution in [0.1, 0.15) is 25.5 Å². The first-order valence-electron chi connectivity index (χ1n) is 10.5. The Morgan fingerprint density at radius 1 is 1.06 bits per heavy atom. The van der Waals surface area contributed by atoms with Crippen LogP contribution >= 0.6 is 0 Å². The molecular weight excluding hydrogens is 422 g/mol. The van der Waals surface area contributed by atoms with Crippen molar-refractivity contribution in [3.63, 3.8) is 0 Å². The molecule has 0 spiro atoms. The van der Waals surface area contributed by atoms with Crippen molar-refractivity contribution in [3.05, 3.63) is 84.4 Å². The molecule has 0 unspecified atom stereocenters. The van der Waals surface area contributed by atoms with E-state index in [0.29, 0.717) is 17.0 Å². The van der Waals surface area contributed by atoms with Gasteiger partial charge in [-0.3, -0.25) is 5.32 Å². The van der Waals surface area contributed by atoms with Crippen LogP contribution in [0.15, 0.2) is 78.9 Å². The van der Waals surface area contributed by atoms with Crippen molar-refractivity contribution < 1.29 is 29.3 Å². The molecule has 0 heterocycles. The van der Waals surface area contributed by atoms with Gasteiger partial charge in [0.2, 0.25) is 0 Å². The van der Waals surface area contributed by atoms with Crippen LogP contribution in [-0.4, -0.2) is 35.5 Å². The number of carbonyl (C=O) groups excluding carboxylic acids is 1. The van der Waals surface area contributed by atoms with Gasteiger partial charge < -0.3 is 19.7 Å². The van der Waals surface area contributed by atoms with Crippen LogP contribution in [-0.2, 0) is 9.53 Å². The van der Waals surface area contributed by atoms with Crippen LogP contribution in [0.2, 0.25) is 0 Å². The lowest BCUT2D eigenvalue weighted by atomic mass is 9.82. The largest absolute Gasteiger partial charge is 0.491 e. The highest BCUT2D eigenvalue weighted by Gasteiger charge is 2.33. The van der Waals surface area contributed by atoms with Crippen molar-refractivity contribution in [1.29, 1.82) is 0 Å². The van der Waals surface area contributed by atoms with Crippen LogP contribution in [0, 0.1) is 5.41 Å². The molecule has 0 bridgehead atoms. The molecule has 0 fully saturated rings. The molecule has 3 aromatic carbocycles. The van der Waals surface area contributed by atoms with E-state index < -0.39 is 23.6 Å². The minimum atomic E-state index is -1.10. The quantitative estimate of drug-likeness (QED) is 0.389. The third-order valence-electron chi connectivity index (χ3n) is 5.10. The fourth-order valence-electron chi connectivity index (χ4n) is 3.53. The van der Waals surface area contributed by atoms with Gasteiger partial charge in [0.05, 0.1) is 12.3 Å². The van der Waals surface area contributed by atoms with E-state index in [1.54, 1.807) is 44.2 Å². The molecular formula is C26H27NO6. The molecule has 172 valence electrons. The number of rotatable bonds is 9. The number of hydrogen-bond donors (Lipinski definition) is 3. The van der Waals surface area contributed by atoms with E-state index in [-0.39, 0.29) is 13.2 Å². The molecule has 1 amide bonds. The Labute approximate surface area is 192 Å². The van der Waals surface area contributed by atoms with Crippen LogP contribution < -0.4 is 10.1 Å². The van der Waals surface area contributed by atoms with E-state index in [1.165, 1.54) is 6.08 Å². The SMILES string of the molecule is CC(C)(/C=C/C(=O)O)[C@@H](OC(=O)Nc1cccc2ccccc12)c1cccc(OCCO)c1. The molecule has 7 nitrogen and oxygen atoms in total. The van der Waals surface area contributed by atoms with E-state index in [9.17, 15) is 9.59 Å². The summed E-state index contributed by atoms with van der Waals surface area (Å²) in [7, 11) is 0. The first-order valence-corrected chi connectivity index (χ1v) is 10.5. The standard InChI is InChI=1S/C26H27NO6/c1-26(2,14-13-23(29)30)24(19-9-5-10-20(17-19)32-16-15-28)33-25(31)27-22-12-6-8-18-7-3-4-11-21(18)22/h3-14,17,24,28H,15-16H2,1-2H3,(H,27,31)(H,29,30)/b14-13+/t24-/m0/s1. The number of aliphatic carboxylic acids is 1. The van der Waals surface area contributed by atoms with E-state index in [4.69, 9.17) is 19.7 Å². The number of fused-ring (bicyclic) bond motifs is 1. The highest BCUT2D eigenvalue weighted by Crippen LogP contribution is 2.39. The summed E-state index contributed by atoms with van der Waals surface area (Å²) in [5.41, 5.74) is 0.374. The Morgan fingerprint density at radius 3 is 2.55 bits per heavy atom. The second-order valence-electron chi connectivity index (χ2n) is 8.07. The Bertz CT molecular complexity index is 1150. The molecule has 0 aliphatic carbocycles. The normalized spacial score (nSPS) is 12.5. The molecule has 3 aromatic rings. The monoisotopic (exact) mass is 449 g/mol. The summed E-state index contributed by atoms with van der Waals surface area (Å²) >= 11 is 0. The Kier molecular flexibility index (Phi) is 7.69. The maximum Gasteiger partial charge on any atom is 0.412 e. The maximum atomic E-state index is 12.9. The van der Waals surface area contributed by atoms with Crippen LogP contribution in [0.25, 0.3) is 10.8 Å². The van der Waals surface area contributed by atoms with Gasteiger partial charge >= 0.3 is 12.1 Å². The van der Waals surface area contributed by atoms with Gasteiger partial charge in [-0.05, 0) is 29.1 Å². The van der Waals surface area contributed by atoms with Crippen molar-refractivity contribution in [2.24, 2.45) is 5.41 Å². The number of carboxylic acids is 1. The van der Waals surface area contributed by atoms with Crippen molar-refractivity contribution >= 4 is 28.5 Å². The lowest BCUT2D eigenvalue weighted by molar-refractivity contribution is -0.131. The summed E-state index contributed by atoms with van der Waals surface area (Å²) in [6.45, 7) is 3.55. The fourth-order valence-corrected chi connectivity index (χ4v) is 3.53. The average Bonchev–Trinajstić information content (AvgIpc) is 2.80. The minimum absolute atomic E-state index is 0.124. The molecule has 3 rings (SSSR count). The zero-order valence-electron chi connectivity index (χ0n) is 18.5.